The number of carbonyl (C=O) groups is 1. The molecule has 0 fully saturated rings. The highest BCUT2D eigenvalue weighted by molar-refractivity contribution is 6.06. The third-order valence-electron chi connectivity index (χ3n) is 4.17. The van der Waals surface area contributed by atoms with Crippen LogP contribution in [0.2, 0.25) is 0 Å². The number of fused-ring (bicyclic) bond motifs is 1. The predicted molar refractivity (Wildman–Crippen MR) is 100 cm³/mol. The first-order chi connectivity index (χ1) is 12.0. The van der Waals surface area contributed by atoms with Crippen LogP contribution >= 0.6 is 0 Å². The number of methoxy groups -OCH3 is 1. The van der Waals surface area contributed by atoms with Gasteiger partial charge in [-0.1, -0.05) is 18.2 Å². The van der Waals surface area contributed by atoms with E-state index in [9.17, 15) is 4.79 Å². The lowest BCUT2D eigenvalue weighted by molar-refractivity contribution is 0.0992. The van der Waals surface area contributed by atoms with Gasteiger partial charge in [-0.05, 0) is 36.8 Å². The molecule has 0 aliphatic carbocycles. The summed E-state index contributed by atoms with van der Waals surface area (Å²) in [5.41, 5.74) is 4.28. The maximum absolute atomic E-state index is 12.8. The molecular weight excluding hydrogens is 316 g/mol. The van der Waals surface area contributed by atoms with Crippen LogP contribution in [0, 0.1) is 6.92 Å². The molecule has 0 bridgehead atoms. The van der Waals surface area contributed by atoms with Gasteiger partial charge in [0.2, 0.25) is 0 Å². The summed E-state index contributed by atoms with van der Waals surface area (Å²) in [5, 5.41) is 3.84. The van der Waals surface area contributed by atoms with Gasteiger partial charge in [0, 0.05) is 43.5 Å². The molecule has 0 aliphatic heterocycles. The van der Waals surface area contributed by atoms with E-state index in [0.29, 0.717) is 18.0 Å². The summed E-state index contributed by atoms with van der Waals surface area (Å²) < 4.78 is 11.0. The zero-order valence-corrected chi connectivity index (χ0v) is 14.9. The van der Waals surface area contributed by atoms with Gasteiger partial charge in [-0.3, -0.25) is 4.79 Å². The van der Waals surface area contributed by atoms with E-state index in [4.69, 9.17) is 9.15 Å². The number of rotatable bonds is 5. The van der Waals surface area contributed by atoms with Gasteiger partial charge in [0.25, 0.3) is 5.91 Å². The topological polar surface area (TPSA) is 54.7 Å². The minimum Gasteiger partial charge on any atom is -0.451 e. The summed E-state index contributed by atoms with van der Waals surface area (Å²) in [6.07, 6.45) is 0. The van der Waals surface area contributed by atoms with Crippen molar-refractivity contribution in [3.8, 4) is 0 Å². The summed E-state index contributed by atoms with van der Waals surface area (Å²) in [5.74, 6) is 0.0167. The van der Waals surface area contributed by atoms with E-state index >= 15 is 0 Å². The lowest BCUT2D eigenvalue weighted by Gasteiger charge is -2.15. The van der Waals surface area contributed by atoms with Gasteiger partial charge in [-0.2, -0.15) is 0 Å². The molecule has 0 aliphatic rings. The molecule has 2 aromatic carbocycles. The van der Waals surface area contributed by atoms with Crippen molar-refractivity contribution in [3.63, 3.8) is 0 Å². The SMILES string of the molecule is COCc1c(C(=O)Nc2ccc(N(C)C)cc2C)oc2ccccc12. The van der Waals surface area contributed by atoms with Crippen molar-refractivity contribution in [2.75, 3.05) is 31.4 Å². The van der Waals surface area contributed by atoms with Crippen molar-refractivity contribution in [1.29, 1.82) is 0 Å². The Morgan fingerprint density at radius 2 is 1.96 bits per heavy atom. The van der Waals surface area contributed by atoms with Crippen LogP contribution in [0.5, 0.6) is 0 Å². The number of nitrogens with one attached hydrogen (secondary N) is 1. The Bertz CT molecular complexity index is 912. The van der Waals surface area contributed by atoms with Gasteiger partial charge in [-0.25, -0.2) is 0 Å². The van der Waals surface area contributed by atoms with Gasteiger partial charge in [0.1, 0.15) is 5.58 Å². The average molecular weight is 338 g/mol. The molecule has 1 N–H and O–H groups in total. The molecule has 5 heteroatoms. The van der Waals surface area contributed by atoms with Crippen LogP contribution in [0.4, 0.5) is 11.4 Å². The number of furan rings is 1. The van der Waals surface area contributed by atoms with Gasteiger partial charge in [-0.15, -0.1) is 0 Å². The second-order valence-corrected chi connectivity index (χ2v) is 6.19. The van der Waals surface area contributed by atoms with Crippen molar-refractivity contribution in [2.45, 2.75) is 13.5 Å². The Kier molecular flexibility index (Phi) is 4.76. The van der Waals surface area contributed by atoms with Gasteiger partial charge in [0.05, 0.1) is 6.61 Å². The number of para-hydroxylation sites is 1. The van der Waals surface area contributed by atoms with Crippen LogP contribution in [0.15, 0.2) is 46.9 Å². The van der Waals surface area contributed by atoms with Crippen LogP contribution in [0.1, 0.15) is 21.7 Å². The van der Waals surface area contributed by atoms with E-state index in [1.54, 1.807) is 7.11 Å². The van der Waals surface area contributed by atoms with Crippen molar-refractivity contribution in [3.05, 3.63) is 59.4 Å². The first kappa shape index (κ1) is 17.0. The summed E-state index contributed by atoms with van der Waals surface area (Å²) in [6, 6.07) is 13.5. The number of anilines is 2. The Labute approximate surface area is 147 Å². The van der Waals surface area contributed by atoms with Crippen LogP contribution in [-0.2, 0) is 11.3 Å². The minimum absolute atomic E-state index is 0.274. The van der Waals surface area contributed by atoms with Gasteiger partial charge in [0.15, 0.2) is 5.76 Å². The molecule has 0 unspecified atom stereocenters. The maximum atomic E-state index is 12.8. The van der Waals surface area contributed by atoms with E-state index < -0.39 is 0 Å². The fourth-order valence-electron chi connectivity index (χ4n) is 2.82. The molecule has 130 valence electrons. The van der Waals surface area contributed by atoms with Crippen molar-refractivity contribution >= 4 is 28.3 Å². The van der Waals surface area contributed by atoms with E-state index in [-0.39, 0.29) is 5.91 Å². The standard InChI is InChI=1S/C20H22N2O3/c1-13-11-14(22(2)3)9-10-17(13)21-20(23)19-16(12-24-4)15-7-5-6-8-18(15)25-19/h5-11H,12H2,1-4H3,(H,21,23). The van der Waals surface area contributed by atoms with Crippen molar-refractivity contribution < 1.29 is 13.9 Å². The molecule has 25 heavy (non-hydrogen) atoms. The highest BCUT2D eigenvalue weighted by Gasteiger charge is 2.21. The molecule has 1 heterocycles. The Morgan fingerprint density at radius 3 is 2.64 bits per heavy atom. The second-order valence-electron chi connectivity index (χ2n) is 6.19. The molecule has 0 saturated heterocycles. The van der Waals surface area contributed by atoms with Crippen LogP contribution in [-0.4, -0.2) is 27.1 Å². The van der Waals surface area contributed by atoms with E-state index in [2.05, 4.69) is 5.32 Å². The molecule has 0 spiro atoms. The first-order valence-corrected chi connectivity index (χ1v) is 8.10. The monoisotopic (exact) mass is 338 g/mol. The molecule has 5 nitrogen and oxygen atoms in total. The number of ether oxygens (including phenoxy) is 1. The molecule has 3 rings (SSSR count). The molecule has 0 saturated carbocycles. The fourth-order valence-corrected chi connectivity index (χ4v) is 2.82. The Balaban J connectivity index is 1.94. The third-order valence-corrected chi connectivity index (χ3v) is 4.17. The minimum atomic E-state index is -0.274. The normalized spacial score (nSPS) is 10.9. The number of hydrogen-bond acceptors (Lipinski definition) is 4. The number of hydrogen-bond donors (Lipinski definition) is 1. The van der Waals surface area contributed by atoms with Crippen LogP contribution in [0.3, 0.4) is 0 Å². The quantitative estimate of drug-likeness (QED) is 0.757. The molecular formula is C20H22N2O3. The zero-order valence-electron chi connectivity index (χ0n) is 14.9. The predicted octanol–water partition coefficient (Wildman–Crippen LogP) is 4.21. The summed E-state index contributed by atoms with van der Waals surface area (Å²) >= 11 is 0. The average Bonchev–Trinajstić information content (AvgIpc) is 2.96. The van der Waals surface area contributed by atoms with E-state index in [1.807, 2.05) is 68.4 Å². The zero-order chi connectivity index (χ0) is 18.0. The van der Waals surface area contributed by atoms with Crippen molar-refractivity contribution in [2.24, 2.45) is 0 Å². The summed E-state index contributed by atoms with van der Waals surface area (Å²) in [6.45, 7) is 2.29. The second kappa shape index (κ2) is 6.99. The van der Waals surface area contributed by atoms with E-state index in [1.165, 1.54) is 0 Å². The van der Waals surface area contributed by atoms with Crippen LogP contribution in [0.25, 0.3) is 11.0 Å². The molecule has 1 amide bonds. The van der Waals surface area contributed by atoms with Crippen LogP contribution < -0.4 is 10.2 Å². The van der Waals surface area contributed by atoms with Crippen molar-refractivity contribution in [1.82, 2.24) is 0 Å². The van der Waals surface area contributed by atoms with E-state index in [0.717, 1.165) is 27.9 Å². The highest BCUT2D eigenvalue weighted by atomic mass is 16.5. The molecule has 0 radical (unpaired) electrons. The Hall–Kier alpha value is -2.79. The first-order valence-electron chi connectivity index (χ1n) is 8.10. The molecule has 3 aromatic rings. The van der Waals surface area contributed by atoms with Gasteiger partial charge < -0.3 is 19.4 Å². The highest BCUT2D eigenvalue weighted by Crippen LogP contribution is 2.28. The maximum Gasteiger partial charge on any atom is 0.291 e. The number of benzene rings is 2. The lowest BCUT2D eigenvalue weighted by atomic mass is 10.1. The largest absolute Gasteiger partial charge is 0.451 e. The number of aryl methyl sites for hydroxylation is 1. The smallest absolute Gasteiger partial charge is 0.291 e. The number of nitrogens with zero attached hydrogens (tertiary/aromatic N) is 1. The number of amides is 1. The number of carbonyl (C=O) groups excluding carboxylic acids is 1. The lowest BCUT2D eigenvalue weighted by Crippen LogP contribution is -2.15. The third kappa shape index (κ3) is 3.37. The molecule has 1 aromatic heterocycles. The summed E-state index contributed by atoms with van der Waals surface area (Å²) in [7, 11) is 5.57. The Morgan fingerprint density at radius 1 is 1.20 bits per heavy atom. The van der Waals surface area contributed by atoms with Gasteiger partial charge >= 0.3 is 0 Å². The fraction of sp³-hybridized carbons (Fsp3) is 0.250. The summed E-state index contributed by atoms with van der Waals surface area (Å²) in [4.78, 5) is 14.8. The molecule has 0 atom stereocenters.